The van der Waals surface area contributed by atoms with E-state index in [2.05, 4.69) is 5.10 Å². The lowest BCUT2D eigenvalue weighted by molar-refractivity contribution is 0.107. The number of hydrogen-bond acceptors (Lipinski definition) is 7. The van der Waals surface area contributed by atoms with Gasteiger partial charge in [-0.15, -0.1) is 0 Å². The van der Waals surface area contributed by atoms with Gasteiger partial charge in [0, 0.05) is 36.7 Å². The fourth-order valence-electron chi connectivity index (χ4n) is 4.21. The maximum Gasteiger partial charge on any atom is 0.267 e. The average Bonchev–Trinajstić information content (AvgIpc) is 3.23. The summed E-state index contributed by atoms with van der Waals surface area (Å²) in [7, 11) is -3.74. The summed E-state index contributed by atoms with van der Waals surface area (Å²) in [5.41, 5.74) is 1.43. The molecule has 2 aromatic rings. The van der Waals surface area contributed by atoms with Crippen molar-refractivity contribution in [2.24, 2.45) is 0 Å². The lowest BCUT2D eigenvalue weighted by atomic mass is 10.1. The first-order valence-corrected chi connectivity index (χ1v) is 11.6. The lowest BCUT2D eigenvalue weighted by Crippen LogP contribution is -2.41. The van der Waals surface area contributed by atoms with E-state index in [1.165, 1.54) is 15.1 Å². The third-order valence-electron chi connectivity index (χ3n) is 5.73. The Hall–Kier alpha value is -2.43. The molecule has 0 aliphatic carbocycles. The van der Waals surface area contributed by atoms with E-state index in [1.807, 2.05) is 0 Å². The van der Waals surface area contributed by atoms with Crippen molar-refractivity contribution in [3.63, 3.8) is 0 Å². The Morgan fingerprint density at radius 3 is 2.80 bits per heavy atom. The van der Waals surface area contributed by atoms with Crippen LogP contribution in [0.3, 0.4) is 0 Å². The number of rotatable bonds is 4. The maximum atomic E-state index is 13.3. The molecule has 0 saturated carbocycles. The predicted octanol–water partition coefficient (Wildman–Crippen LogP) is 0.940. The number of benzene rings is 1. The number of aromatic nitrogens is 2. The largest absolute Gasteiger partial charge is 0.486 e. The van der Waals surface area contributed by atoms with Crippen LogP contribution in [0.4, 0.5) is 0 Å². The summed E-state index contributed by atoms with van der Waals surface area (Å²) >= 11 is 0. The first kappa shape index (κ1) is 19.5. The van der Waals surface area contributed by atoms with E-state index in [4.69, 9.17) is 14.2 Å². The van der Waals surface area contributed by atoms with E-state index in [-0.39, 0.29) is 23.0 Å². The summed E-state index contributed by atoms with van der Waals surface area (Å²) in [5.74, 6) is 0.986. The van der Waals surface area contributed by atoms with E-state index in [0.717, 1.165) is 17.7 Å². The summed E-state index contributed by atoms with van der Waals surface area (Å²) in [6.45, 7) is 2.45. The topological polar surface area (TPSA) is 100.0 Å². The molecule has 0 spiro atoms. The van der Waals surface area contributed by atoms with Crippen molar-refractivity contribution in [1.82, 2.24) is 14.1 Å². The van der Waals surface area contributed by atoms with Crippen LogP contribution in [-0.4, -0.2) is 54.9 Å². The Morgan fingerprint density at radius 2 is 1.93 bits per heavy atom. The third-order valence-corrected chi connectivity index (χ3v) is 7.68. The van der Waals surface area contributed by atoms with Crippen LogP contribution in [0.15, 0.2) is 34.0 Å². The number of ether oxygens (including phenoxy) is 3. The smallest absolute Gasteiger partial charge is 0.267 e. The second-order valence-corrected chi connectivity index (χ2v) is 9.55. The quantitative estimate of drug-likeness (QED) is 0.707. The van der Waals surface area contributed by atoms with Crippen LogP contribution in [-0.2, 0) is 34.3 Å². The van der Waals surface area contributed by atoms with Gasteiger partial charge in [0.25, 0.3) is 5.56 Å². The summed E-state index contributed by atoms with van der Waals surface area (Å²) in [6, 6.07) is 5.91. The lowest BCUT2D eigenvalue weighted by Gasteiger charge is -2.26. The molecule has 160 valence electrons. The summed E-state index contributed by atoms with van der Waals surface area (Å²) in [6.07, 6.45) is 2.07. The molecule has 3 aliphatic rings. The molecule has 10 heteroatoms. The van der Waals surface area contributed by atoms with Gasteiger partial charge in [-0.25, -0.2) is 13.1 Å². The van der Waals surface area contributed by atoms with Crippen LogP contribution in [0.1, 0.15) is 24.1 Å². The fraction of sp³-hybridized carbons (Fsp3) is 0.500. The Bertz CT molecular complexity index is 1130. The van der Waals surface area contributed by atoms with Crippen molar-refractivity contribution < 1.29 is 22.6 Å². The van der Waals surface area contributed by atoms with Crippen LogP contribution < -0.4 is 15.0 Å². The van der Waals surface area contributed by atoms with Gasteiger partial charge in [-0.05, 0) is 25.0 Å². The first-order chi connectivity index (χ1) is 14.5. The van der Waals surface area contributed by atoms with Gasteiger partial charge in [-0.1, -0.05) is 0 Å². The molecule has 30 heavy (non-hydrogen) atoms. The molecule has 0 bridgehead atoms. The highest BCUT2D eigenvalue weighted by Gasteiger charge is 2.36. The maximum absolute atomic E-state index is 13.3. The van der Waals surface area contributed by atoms with Crippen LogP contribution in [0.2, 0.25) is 0 Å². The third kappa shape index (κ3) is 3.48. The highest BCUT2D eigenvalue weighted by molar-refractivity contribution is 7.89. The molecule has 1 atom stereocenters. The van der Waals surface area contributed by atoms with Crippen molar-refractivity contribution in [2.45, 2.75) is 43.4 Å². The van der Waals surface area contributed by atoms with E-state index in [0.29, 0.717) is 57.3 Å². The van der Waals surface area contributed by atoms with Gasteiger partial charge in [-0.3, -0.25) is 4.79 Å². The molecule has 1 unspecified atom stereocenters. The van der Waals surface area contributed by atoms with Crippen molar-refractivity contribution in [1.29, 1.82) is 0 Å². The molecule has 1 fully saturated rings. The Labute approximate surface area is 174 Å². The zero-order valence-corrected chi connectivity index (χ0v) is 17.3. The van der Waals surface area contributed by atoms with Gasteiger partial charge in [-0.2, -0.15) is 9.40 Å². The minimum absolute atomic E-state index is 0.168. The molecule has 0 amide bonds. The minimum Gasteiger partial charge on any atom is -0.486 e. The van der Waals surface area contributed by atoms with Gasteiger partial charge >= 0.3 is 0 Å². The van der Waals surface area contributed by atoms with E-state index >= 15 is 0 Å². The Morgan fingerprint density at radius 1 is 1.10 bits per heavy atom. The standard InChI is InChI=1S/C20H23N3O6S/c24-20-10-14-13-27-7-5-17(14)21-22(20)12-15-2-1-6-23(15)30(25,26)16-3-4-18-19(11-16)29-9-8-28-18/h3-4,10-11,15H,1-2,5-9,12-13H2. The summed E-state index contributed by atoms with van der Waals surface area (Å²) in [4.78, 5) is 12.7. The molecular formula is C20H23N3O6S. The van der Waals surface area contributed by atoms with Crippen molar-refractivity contribution >= 4 is 10.0 Å². The van der Waals surface area contributed by atoms with E-state index < -0.39 is 10.0 Å². The summed E-state index contributed by atoms with van der Waals surface area (Å²) < 4.78 is 46.0. The monoisotopic (exact) mass is 433 g/mol. The highest BCUT2D eigenvalue weighted by Crippen LogP contribution is 2.35. The van der Waals surface area contributed by atoms with Gasteiger partial charge in [0.15, 0.2) is 11.5 Å². The van der Waals surface area contributed by atoms with Crippen LogP contribution in [0.25, 0.3) is 0 Å². The molecule has 4 heterocycles. The number of nitrogens with zero attached hydrogens (tertiary/aromatic N) is 3. The molecule has 0 N–H and O–H groups in total. The molecule has 1 saturated heterocycles. The van der Waals surface area contributed by atoms with E-state index in [9.17, 15) is 13.2 Å². The molecule has 1 aromatic carbocycles. The van der Waals surface area contributed by atoms with Crippen molar-refractivity contribution in [3.8, 4) is 11.5 Å². The Balaban J connectivity index is 1.42. The van der Waals surface area contributed by atoms with E-state index in [1.54, 1.807) is 18.2 Å². The van der Waals surface area contributed by atoms with Gasteiger partial charge < -0.3 is 14.2 Å². The zero-order chi connectivity index (χ0) is 20.7. The normalized spacial score (nSPS) is 21.4. The summed E-state index contributed by atoms with van der Waals surface area (Å²) in [5, 5.41) is 4.49. The van der Waals surface area contributed by atoms with Crippen molar-refractivity contribution in [3.05, 3.63) is 45.9 Å². The second-order valence-electron chi connectivity index (χ2n) is 7.66. The first-order valence-electron chi connectivity index (χ1n) is 10.1. The second kappa shape index (κ2) is 7.68. The fourth-order valence-corrected chi connectivity index (χ4v) is 5.91. The zero-order valence-electron chi connectivity index (χ0n) is 16.5. The number of fused-ring (bicyclic) bond motifs is 2. The highest BCUT2D eigenvalue weighted by atomic mass is 32.2. The average molecular weight is 433 g/mol. The van der Waals surface area contributed by atoms with Crippen molar-refractivity contribution in [2.75, 3.05) is 26.4 Å². The van der Waals surface area contributed by atoms with Crippen LogP contribution >= 0.6 is 0 Å². The van der Waals surface area contributed by atoms with Gasteiger partial charge in [0.2, 0.25) is 10.0 Å². The molecule has 5 rings (SSSR count). The van der Waals surface area contributed by atoms with Gasteiger partial charge in [0.1, 0.15) is 13.2 Å². The SMILES string of the molecule is O=c1cc2c(nn1CC1CCCN1S(=O)(=O)c1ccc3c(c1)OCCO3)CCOC2. The number of hydrogen-bond donors (Lipinski definition) is 0. The van der Waals surface area contributed by atoms with Crippen LogP contribution in [0, 0.1) is 0 Å². The molecule has 1 aromatic heterocycles. The van der Waals surface area contributed by atoms with Crippen LogP contribution in [0.5, 0.6) is 11.5 Å². The Kier molecular flexibility index (Phi) is 5.00. The minimum atomic E-state index is -3.74. The number of sulfonamides is 1. The molecule has 9 nitrogen and oxygen atoms in total. The molecule has 0 radical (unpaired) electrons. The molecule has 3 aliphatic heterocycles. The predicted molar refractivity (Wildman–Crippen MR) is 106 cm³/mol. The van der Waals surface area contributed by atoms with Gasteiger partial charge in [0.05, 0.1) is 30.3 Å². The molecular weight excluding hydrogens is 410 g/mol.